The second kappa shape index (κ2) is 5.46. The number of nitrogens with one attached hydrogen (secondary N) is 1. The Hall–Kier alpha value is -2.15. The molecule has 1 saturated heterocycles. The summed E-state index contributed by atoms with van der Waals surface area (Å²) in [6, 6.07) is 3.96. The number of amides is 1. The quantitative estimate of drug-likeness (QED) is 0.495. The van der Waals surface area contributed by atoms with Gasteiger partial charge in [0.25, 0.3) is 11.6 Å². The molecule has 1 fully saturated rings. The molecular weight excluding hydrogens is 262 g/mol. The van der Waals surface area contributed by atoms with Crippen molar-refractivity contribution in [3.8, 4) is 0 Å². The number of benzene rings is 1. The average molecular weight is 279 g/mol. The van der Waals surface area contributed by atoms with E-state index in [0.29, 0.717) is 18.9 Å². The minimum Gasteiger partial charge on any atom is -0.399 e. The Labute approximate surface area is 116 Å². The van der Waals surface area contributed by atoms with Crippen molar-refractivity contribution in [2.45, 2.75) is 25.3 Å². The molecule has 1 heterocycles. The maximum absolute atomic E-state index is 12.3. The van der Waals surface area contributed by atoms with Crippen LogP contribution in [0.15, 0.2) is 18.2 Å². The van der Waals surface area contributed by atoms with Crippen molar-refractivity contribution in [3.05, 3.63) is 33.9 Å². The smallest absolute Gasteiger partial charge is 0.282 e. The topological polar surface area (TPSA) is 107 Å². The lowest BCUT2D eigenvalue weighted by molar-refractivity contribution is -0.385. The molecule has 1 aromatic rings. The van der Waals surface area contributed by atoms with E-state index in [-0.39, 0.29) is 11.3 Å². The number of nitrogens with zero attached hydrogens (tertiary/aromatic N) is 1. The van der Waals surface area contributed by atoms with Crippen LogP contribution in [-0.2, 0) is 4.74 Å². The minimum absolute atomic E-state index is 0.0261. The third kappa shape index (κ3) is 3.05. The fourth-order valence-corrected chi connectivity index (χ4v) is 2.27. The first kappa shape index (κ1) is 14.3. The largest absolute Gasteiger partial charge is 0.399 e. The van der Waals surface area contributed by atoms with E-state index in [4.69, 9.17) is 10.5 Å². The molecule has 0 aliphatic carbocycles. The standard InChI is InChI=1S/C13H17N3O4/c1-13(5-2-6-20-8-13)15-12(17)10-7-9(14)3-4-11(10)16(18)19/h3-4,7H,2,5-6,8,14H2,1H3,(H,15,17). The number of hydrogen-bond acceptors (Lipinski definition) is 5. The molecule has 1 aromatic carbocycles. The average Bonchev–Trinajstić information content (AvgIpc) is 2.38. The highest BCUT2D eigenvalue weighted by molar-refractivity contribution is 5.99. The molecule has 0 saturated carbocycles. The Morgan fingerprint density at radius 3 is 2.90 bits per heavy atom. The lowest BCUT2D eigenvalue weighted by atomic mass is 9.94. The van der Waals surface area contributed by atoms with Gasteiger partial charge in [0, 0.05) is 18.4 Å². The number of nitrogens with two attached hydrogens (primary N) is 1. The van der Waals surface area contributed by atoms with E-state index in [9.17, 15) is 14.9 Å². The second-order valence-corrected chi connectivity index (χ2v) is 5.20. The Bertz CT molecular complexity index is 538. The normalized spacial score (nSPS) is 22.2. The van der Waals surface area contributed by atoms with Gasteiger partial charge in [-0.15, -0.1) is 0 Å². The molecular formula is C13H17N3O4. The van der Waals surface area contributed by atoms with E-state index in [1.807, 2.05) is 6.92 Å². The molecule has 0 aromatic heterocycles. The van der Waals surface area contributed by atoms with E-state index in [0.717, 1.165) is 12.8 Å². The molecule has 0 radical (unpaired) electrons. The molecule has 3 N–H and O–H groups in total. The zero-order valence-electron chi connectivity index (χ0n) is 11.2. The summed E-state index contributed by atoms with van der Waals surface area (Å²) in [6.07, 6.45) is 1.62. The first-order chi connectivity index (χ1) is 9.41. The van der Waals surface area contributed by atoms with Crippen LogP contribution in [0.5, 0.6) is 0 Å². The molecule has 20 heavy (non-hydrogen) atoms. The summed E-state index contributed by atoms with van der Waals surface area (Å²) in [6.45, 7) is 2.93. The highest BCUT2D eigenvalue weighted by atomic mass is 16.6. The van der Waals surface area contributed by atoms with Crippen LogP contribution in [0.1, 0.15) is 30.1 Å². The van der Waals surface area contributed by atoms with E-state index in [2.05, 4.69) is 5.32 Å². The zero-order valence-corrected chi connectivity index (χ0v) is 11.2. The third-order valence-corrected chi connectivity index (χ3v) is 3.32. The highest BCUT2D eigenvalue weighted by Crippen LogP contribution is 2.24. The van der Waals surface area contributed by atoms with Crippen molar-refractivity contribution in [2.24, 2.45) is 0 Å². The van der Waals surface area contributed by atoms with Gasteiger partial charge in [-0.1, -0.05) is 0 Å². The van der Waals surface area contributed by atoms with Gasteiger partial charge in [-0.2, -0.15) is 0 Å². The molecule has 1 atom stereocenters. The van der Waals surface area contributed by atoms with Gasteiger partial charge in [0.1, 0.15) is 5.56 Å². The van der Waals surface area contributed by atoms with E-state index in [1.165, 1.54) is 18.2 Å². The Kier molecular flexibility index (Phi) is 3.89. The number of carbonyl (C=O) groups is 1. The van der Waals surface area contributed by atoms with Crippen molar-refractivity contribution < 1.29 is 14.5 Å². The number of rotatable bonds is 3. The molecule has 7 nitrogen and oxygen atoms in total. The van der Waals surface area contributed by atoms with Gasteiger partial charge in [-0.3, -0.25) is 14.9 Å². The Morgan fingerprint density at radius 2 is 2.30 bits per heavy atom. The number of nitro benzene ring substituents is 1. The lowest BCUT2D eigenvalue weighted by Gasteiger charge is -2.34. The molecule has 0 bridgehead atoms. The van der Waals surface area contributed by atoms with Crippen LogP contribution in [0.3, 0.4) is 0 Å². The molecule has 1 aliphatic rings. The van der Waals surface area contributed by atoms with Crippen molar-refractivity contribution in [1.82, 2.24) is 5.32 Å². The summed E-state index contributed by atoms with van der Waals surface area (Å²) in [7, 11) is 0. The van der Waals surface area contributed by atoms with Crippen molar-refractivity contribution in [1.29, 1.82) is 0 Å². The predicted octanol–water partition coefficient (Wildman–Crippen LogP) is 1.48. The number of carbonyl (C=O) groups excluding carboxylic acids is 1. The molecule has 7 heteroatoms. The fourth-order valence-electron chi connectivity index (χ4n) is 2.27. The van der Waals surface area contributed by atoms with Crippen LogP contribution >= 0.6 is 0 Å². The van der Waals surface area contributed by atoms with Gasteiger partial charge in [0.15, 0.2) is 0 Å². The Balaban J connectivity index is 2.24. The van der Waals surface area contributed by atoms with Gasteiger partial charge < -0.3 is 15.8 Å². The highest BCUT2D eigenvalue weighted by Gasteiger charge is 2.31. The summed E-state index contributed by atoms with van der Waals surface area (Å²) in [4.78, 5) is 22.6. The number of hydrogen-bond donors (Lipinski definition) is 2. The number of nitro groups is 1. The molecule has 2 rings (SSSR count). The number of nitrogen functional groups attached to an aromatic ring is 1. The molecule has 1 amide bonds. The number of anilines is 1. The summed E-state index contributed by atoms with van der Waals surface area (Å²) in [5, 5.41) is 13.8. The van der Waals surface area contributed by atoms with E-state index in [1.54, 1.807) is 0 Å². The van der Waals surface area contributed by atoms with Crippen LogP contribution in [0.4, 0.5) is 11.4 Å². The minimum atomic E-state index is -0.589. The first-order valence-corrected chi connectivity index (χ1v) is 6.35. The van der Waals surface area contributed by atoms with Crippen molar-refractivity contribution >= 4 is 17.3 Å². The van der Waals surface area contributed by atoms with Crippen molar-refractivity contribution in [3.63, 3.8) is 0 Å². The molecule has 108 valence electrons. The molecule has 1 unspecified atom stereocenters. The number of ether oxygens (including phenoxy) is 1. The van der Waals surface area contributed by atoms with Crippen LogP contribution in [0.2, 0.25) is 0 Å². The summed E-state index contributed by atoms with van der Waals surface area (Å²) < 4.78 is 5.35. The van der Waals surface area contributed by atoms with E-state index < -0.39 is 16.4 Å². The maximum Gasteiger partial charge on any atom is 0.282 e. The monoisotopic (exact) mass is 279 g/mol. The maximum atomic E-state index is 12.3. The fraction of sp³-hybridized carbons (Fsp3) is 0.462. The summed E-state index contributed by atoms with van der Waals surface area (Å²) >= 11 is 0. The van der Waals surface area contributed by atoms with Gasteiger partial charge in [0.2, 0.25) is 0 Å². The lowest BCUT2D eigenvalue weighted by Crippen LogP contribution is -2.51. The van der Waals surface area contributed by atoms with Gasteiger partial charge in [-0.25, -0.2) is 0 Å². The Morgan fingerprint density at radius 1 is 1.55 bits per heavy atom. The van der Waals surface area contributed by atoms with Crippen LogP contribution in [-0.4, -0.2) is 29.6 Å². The SMILES string of the molecule is CC1(NC(=O)c2cc(N)ccc2[N+](=O)[O-])CCCOC1. The molecule has 0 spiro atoms. The van der Waals surface area contributed by atoms with Crippen LogP contribution in [0.25, 0.3) is 0 Å². The van der Waals surface area contributed by atoms with E-state index >= 15 is 0 Å². The van der Waals surface area contributed by atoms with Gasteiger partial charge in [-0.05, 0) is 31.9 Å². The second-order valence-electron chi connectivity index (χ2n) is 5.20. The van der Waals surface area contributed by atoms with Gasteiger partial charge >= 0.3 is 0 Å². The summed E-state index contributed by atoms with van der Waals surface area (Å²) in [5.41, 5.74) is 5.13. The van der Waals surface area contributed by atoms with Crippen LogP contribution in [0, 0.1) is 10.1 Å². The van der Waals surface area contributed by atoms with Crippen molar-refractivity contribution in [2.75, 3.05) is 18.9 Å². The third-order valence-electron chi connectivity index (χ3n) is 3.32. The van der Waals surface area contributed by atoms with Crippen LogP contribution < -0.4 is 11.1 Å². The zero-order chi connectivity index (χ0) is 14.8. The van der Waals surface area contributed by atoms with Gasteiger partial charge in [0.05, 0.1) is 17.1 Å². The molecule has 1 aliphatic heterocycles. The predicted molar refractivity (Wildman–Crippen MR) is 73.4 cm³/mol. The summed E-state index contributed by atoms with van der Waals surface area (Å²) in [5.74, 6) is -0.503. The first-order valence-electron chi connectivity index (χ1n) is 6.35.